The fraction of sp³-hybridized carbons (Fsp3) is 0.400. The highest BCUT2D eigenvalue weighted by atomic mass is 16.5. The molecule has 0 spiro atoms. The normalized spacial score (nSPS) is 11.0. The SMILES string of the molecule is O=C(O)CC=CC(O)O. The van der Waals surface area contributed by atoms with Gasteiger partial charge in [0.1, 0.15) is 0 Å². The number of aliphatic hydroxyl groups is 2. The van der Waals surface area contributed by atoms with Crippen LogP contribution >= 0.6 is 0 Å². The molecule has 4 heteroatoms. The highest BCUT2D eigenvalue weighted by Gasteiger charge is 1.90. The molecule has 0 aromatic heterocycles. The van der Waals surface area contributed by atoms with Crippen molar-refractivity contribution < 1.29 is 20.1 Å². The molecule has 0 unspecified atom stereocenters. The summed E-state index contributed by atoms with van der Waals surface area (Å²) in [5.41, 5.74) is 0. The Morgan fingerprint density at radius 1 is 1.56 bits per heavy atom. The van der Waals surface area contributed by atoms with Crippen molar-refractivity contribution in [3.05, 3.63) is 12.2 Å². The second-order valence-electron chi connectivity index (χ2n) is 1.44. The molecule has 3 N–H and O–H groups in total. The van der Waals surface area contributed by atoms with Crippen molar-refractivity contribution in [1.82, 2.24) is 0 Å². The Kier molecular flexibility index (Phi) is 3.66. The van der Waals surface area contributed by atoms with Crippen molar-refractivity contribution in [2.24, 2.45) is 0 Å². The average molecular weight is 132 g/mol. The van der Waals surface area contributed by atoms with Crippen molar-refractivity contribution in [2.75, 3.05) is 0 Å². The Hall–Kier alpha value is -0.870. The van der Waals surface area contributed by atoms with Crippen molar-refractivity contribution in [1.29, 1.82) is 0 Å². The minimum Gasteiger partial charge on any atom is -0.481 e. The molecule has 0 saturated heterocycles. The molecule has 9 heavy (non-hydrogen) atoms. The lowest BCUT2D eigenvalue weighted by atomic mass is 10.4. The van der Waals surface area contributed by atoms with E-state index in [-0.39, 0.29) is 6.42 Å². The predicted octanol–water partition coefficient (Wildman–Crippen LogP) is -0.672. The largest absolute Gasteiger partial charge is 0.481 e. The van der Waals surface area contributed by atoms with Crippen LogP contribution in [0.1, 0.15) is 6.42 Å². The average Bonchev–Trinajstić information content (AvgIpc) is 1.63. The summed E-state index contributed by atoms with van der Waals surface area (Å²) < 4.78 is 0. The molecule has 0 aliphatic heterocycles. The Morgan fingerprint density at radius 2 is 2.11 bits per heavy atom. The molecule has 0 amide bonds. The third kappa shape index (κ3) is 7.13. The van der Waals surface area contributed by atoms with Gasteiger partial charge in [0.2, 0.25) is 0 Å². The molecular weight excluding hydrogens is 124 g/mol. The maximum Gasteiger partial charge on any atom is 0.307 e. The van der Waals surface area contributed by atoms with Crippen LogP contribution in [0.2, 0.25) is 0 Å². The standard InChI is InChI=1S/C5H8O4/c6-4(7)2-1-3-5(8)9/h1-2,4,6-7H,3H2,(H,8,9). The first-order valence-electron chi connectivity index (χ1n) is 2.37. The van der Waals surface area contributed by atoms with Gasteiger partial charge < -0.3 is 15.3 Å². The van der Waals surface area contributed by atoms with E-state index in [1.807, 2.05) is 0 Å². The second kappa shape index (κ2) is 4.05. The third-order valence-corrected chi connectivity index (χ3v) is 0.601. The van der Waals surface area contributed by atoms with Crippen molar-refractivity contribution in [3.8, 4) is 0 Å². The lowest BCUT2D eigenvalue weighted by Crippen LogP contribution is -1.98. The molecule has 0 aromatic rings. The zero-order valence-electron chi connectivity index (χ0n) is 4.69. The summed E-state index contributed by atoms with van der Waals surface area (Å²) in [6.07, 6.45) is 0.433. The molecule has 0 aliphatic rings. The van der Waals surface area contributed by atoms with E-state index >= 15 is 0 Å². The number of carboxylic acids is 1. The van der Waals surface area contributed by atoms with Crippen molar-refractivity contribution in [3.63, 3.8) is 0 Å². The first-order valence-corrected chi connectivity index (χ1v) is 2.37. The van der Waals surface area contributed by atoms with Gasteiger partial charge in [0.05, 0.1) is 6.42 Å². The third-order valence-electron chi connectivity index (χ3n) is 0.601. The maximum absolute atomic E-state index is 9.77. The minimum absolute atomic E-state index is 0.183. The van der Waals surface area contributed by atoms with Gasteiger partial charge in [-0.05, 0) is 6.08 Å². The fourth-order valence-corrected chi connectivity index (χ4v) is 0.291. The van der Waals surface area contributed by atoms with Gasteiger partial charge in [-0.2, -0.15) is 0 Å². The topological polar surface area (TPSA) is 77.8 Å². The summed E-state index contributed by atoms with van der Waals surface area (Å²) in [5.74, 6) is -0.994. The lowest BCUT2D eigenvalue weighted by Gasteiger charge is -1.89. The number of carboxylic acid groups (broad SMARTS) is 1. The van der Waals surface area contributed by atoms with Crippen LogP contribution in [0.3, 0.4) is 0 Å². The van der Waals surface area contributed by atoms with Crippen LogP contribution in [0.25, 0.3) is 0 Å². The van der Waals surface area contributed by atoms with Crippen LogP contribution < -0.4 is 0 Å². The van der Waals surface area contributed by atoms with Crippen LogP contribution in [-0.4, -0.2) is 27.6 Å². The first-order chi connectivity index (χ1) is 4.13. The first kappa shape index (κ1) is 8.13. The maximum atomic E-state index is 9.77. The Labute approximate surface area is 52.1 Å². The molecular formula is C5H8O4. The van der Waals surface area contributed by atoms with E-state index in [9.17, 15) is 4.79 Å². The van der Waals surface area contributed by atoms with Crippen molar-refractivity contribution >= 4 is 5.97 Å². The highest BCUT2D eigenvalue weighted by molar-refractivity contribution is 5.68. The molecule has 4 nitrogen and oxygen atoms in total. The second-order valence-corrected chi connectivity index (χ2v) is 1.44. The van der Waals surface area contributed by atoms with E-state index in [0.29, 0.717) is 0 Å². The van der Waals surface area contributed by atoms with Gasteiger partial charge in [0, 0.05) is 0 Å². The number of rotatable bonds is 3. The van der Waals surface area contributed by atoms with Gasteiger partial charge in [0.25, 0.3) is 0 Å². The van der Waals surface area contributed by atoms with E-state index in [2.05, 4.69) is 0 Å². The zero-order valence-corrected chi connectivity index (χ0v) is 4.69. The quantitative estimate of drug-likeness (QED) is 0.351. The Balaban J connectivity index is 3.36. The monoisotopic (exact) mass is 132 g/mol. The fourth-order valence-electron chi connectivity index (χ4n) is 0.291. The molecule has 0 rings (SSSR count). The van der Waals surface area contributed by atoms with E-state index in [1.165, 1.54) is 6.08 Å². The van der Waals surface area contributed by atoms with E-state index in [4.69, 9.17) is 15.3 Å². The molecule has 0 fully saturated rings. The van der Waals surface area contributed by atoms with Gasteiger partial charge in [-0.15, -0.1) is 0 Å². The number of aliphatic carboxylic acids is 1. The number of carbonyl (C=O) groups is 1. The van der Waals surface area contributed by atoms with Gasteiger partial charge in [0.15, 0.2) is 6.29 Å². The minimum atomic E-state index is -1.55. The molecule has 0 atom stereocenters. The van der Waals surface area contributed by atoms with E-state index in [0.717, 1.165) is 6.08 Å². The van der Waals surface area contributed by atoms with Crippen LogP contribution in [0, 0.1) is 0 Å². The molecule has 0 radical (unpaired) electrons. The Morgan fingerprint density at radius 3 is 2.44 bits per heavy atom. The summed E-state index contributed by atoms with van der Waals surface area (Å²) in [5, 5.41) is 24.3. The molecule has 0 aromatic carbocycles. The molecule has 52 valence electrons. The molecule has 0 heterocycles. The summed E-state index contributed by atoms with van der Waals surface area (Å²) in [4.78, 5) is 9.77. The predicted molar refractivity (Wildman–Crippen MR) is 29.6 cm³/mol. The van der Waals surface area contributed by atoms with Gasteiger partial charge in [-0.25, -0.2) is 0 Å². The number of aliphatic hydroxyl groups excluding tert-OH is 1. The van der Waals surface area contributed by atoms with Crippen LogP contribution in [0.5, 0.6) is 0 Å². The smallest absolute Gasteiger partial charge is 0.307 e. The number of hydrogen-bond acceptors (Lipinski definition) is 3. The van der Waals surface area contributed by atoms with E-state index in [1.54, 1.807) is 0 Å². The number of hydrogen-bond donors (Lipinski definition) is 3. The lowest BCUT2D eigenvalue weighted by molar-refractivity contribution is -0.136. The van der Waals surface area contributed by atoms with Gasteiger partial charge in [-0.1, -0.05) is 6.08 Å². The molecule has 0 bridgehead atoms. The highest BCUT2D eigenvalue weighted by Crippen LogP contribution is 1.84. The summed E-state index contributed by atoms with van der Waals surface area (Å²) >= 11 is 0. The van der Waals surface area contributed by atoms with E-state index < -0.39 is 12.3 Å². The van der Waals surface area contributed by atoms with Crippen LogP contribution in [0.4, 0.5) is 0 Å². The molecule has 0 aliphatic carbocycles. The molecule has 0 saturated carbocycles. The summed E-state index contributed by atoms with van der Waals surface area (Å²) in [6, 6.07) is 0. The van der Waals surface area contributed by atoms with Gasteiger partial charge in [-0.3, -0.25) is 4.79 Å². The van der Waals surface area contributed by atoms with Crippen LogP contribution in [-0.2, 0) is 4.79 Å². The Bertz CT molecular complexity index is 116. The summed E-state index contributed by atoms with van der Waals surface area (Å²) in [6.45, 7) is 0. The van der Waals surface area contributed by atoms with Crippen molar-refractivity contribution in [2.45, 2.75) is 12.7 Å². The zero-order chi connectivity index (χ0) is 7.28. The summed E-state index contributed by atoms with van der Waals surface area (Å²) in [7, 11) is 0. The van der Waals surface area contributed by atoms with Gasteiger partial charge >= 0.3 is 5.97 Å². The van der Waals surface area contributed by atoms with Crippen LogP contribution in [0.15, 0.2) is 12.2 Å².